The van der Waals surface area contributed by atoms with Gasteiger partial charge in [0, 0.05) is 18.3 Å². The molecule has 0 aliphatic carbocycles. The van der Waals surface area contributed by atoms with Crippen molar-refractivity contribution in [3.05, 3.63) is 35.9 Å². The fourth-order valence-corrected chi connectivity index (χ4v) is 2.14. The van der Waals surface area contributed by atoms with Crippen LogP contribution in [-0.2, 0) is 6.42 Å². The van der Waals surface area contributed by atoms with Gasteiger partial charge in [-0.15, -0.1) is 0 Å². The van der Waals surface area contributed by atoms with Crippen molar-refractivity contribution in [1.29, 1.82) is 0 Å². The van der Waals surface area contributed by atoms with Crippen molar-refractivity contribution in [1.82, 2.24) is 9.97 Å². The van der Waals surface area contributed by atoms with Gasteiger partial charge in [-0.1, -0.05) is 18.2 Å². The third-order valence-corrected chi connectivity index (χ3v) is 2.88. The summed E-state index contributed by atoms with van der Waals surface area (Å²) in [5, 5.41) is 0. The molecule has 0 atom stereocenters. The number of fused-ring (bicyclic) bond motifs is 1. The first-order valence-electron chi connectivity index (χ1n) is 5.49. The van der Waals surface area contributed by atoms with Gasteiger partial charge >= 0.3 is 0 Å². The first-order chi connectivity index (χ1) is 8.24. The summed E-state index contributed by atoms with van der Waals surface area (Å²) in [4.78, 5) is 10.5. The van der Waals surface area contributed by atoms with E-state index in [1.807, 2.05) is 17.0 Å². The number of rotatable bonds is 1. The Morgan fingerprint density at radius 2 is 1.76 bits per heavy atom. The summed E-state index contributed by atoms with van der Waals surface area (Å²) >= 11 is 0. The molecule has 1 aromatic heterocycles. The Kier molecular flexibility index (Phi) is 2.11. The molecule has 0 radical (unpaired) electrons. The topological polar surface area (TPSA) is 81.1 Å². The molecule has 4 N–H and O–H groups in total. The summed E-state index contributed by atoms with van der Waals surface area (Å²) in [5.41, 5.74) is 13.8. The zero-order valence-electron chi connectivity index (χ0n) is 9.30. The van der Waals surface area contributed by atoms with Gasteiger partial charge < -0.3 is 16.4 Å². The molecule has 5 nitrogen and oxygen atoms in total. The molecule has 0 amide bonds. The van der Waals surface area contributed by atoms with Crippen LogP contribution in [0.1, 0.15) is 5.56 Å². The Morgan fingerprint density at radius 1 is 1.06 bits per heavy atom. The van der Waals surface area contributed by atoms with Gasteiger partial charge in [0.1, 0.15) is 11.6 Å². The monoisotopic (exact) mass is 227 g/mol. The number of benzene rings is 1. The molecule has 2 aromatic rings. The number of nitrogens with zero attached hydrogens (tertiary/aromatic N) is 3. The van der Waals surface area contributed by atoms with Crippen LogP contribution in [0.5, 0.6) is 0 Å². The molecular formula is C12H13N5. The number of nitrogen functional groups attached to an aromatic ring is 2. The van der Waals surface area contributed by atoms with Crippen LogP contribution in [0, 0.1) is 0 Å². The summed E-state index contributed by atoms with van der Waals surface area (Å²) in [7, 11) is 0. The second-order valence-corrected chi connectivity index (χ2v) is 4.05. The first kappa shape index (κ1) is 9.89. The first-order valence-corrected chi connectivity index (χ1v) is 5.49. The number of hydrogen-bond donors (Lipinski definition) is 2. The molecule has 3 rings (SSSR count). The Labute approximate surface area is 99.1 Å². The smallest absolute Gasteiger partial charge is 0.233 e. The Balaban J connectivity index is 2.06. The van der Waals surface area contributed by atoms with E-state index in [2.05, 4.69) is 22.1 Å². The van der Waals surface area contributed by atoms with Crippen LogP contribution in [0.4, 0.5) is 23.3 Å². The van der Waals surface area contributed by atoms with Crippen molar-refractivity contribution in [2.45, 2.75) is 6.42 Å². The minimum Gasteiger partial charge on any atom is -0.383 e. The molecule has 0 saturated heterocycles. The molecular weight excluding hydrogens is 214 g/mol. The molecule has 0 spiro atoms. The van der Waals surface area contributed by atoms with Crippen LogP contribution in [-0.4, -0.2) is 16.5 Å². The normalized spacial score (nSPS) is 13.8. The maximum absolute atomic E-state index is 5.69. The van der Waals surface area contributed by atoms with Crippen molar-refractivity contribution < 1.29 is 0 Å². The van der Waals surface area contributed by atoms with E-state index < -0.39 is 0 Å². The summed E-state index contributed by atoms with van der Waals surface area (Å²) in [6, 6.07) is 9.78. The SMILES string of the molecule is Nc1cc(N)nc(N2CCc3ccccc32)n1. The second-order valence-electron chi connectivity index (χ2n) is 4.05. The van der Waals surface area contributed by atoms with E-state index in [9.17, 15) is 0 Å². The summed E-state index contributed by atoms with van der Waals surface area (Å²) < 4.78 is 0. The van der Waals surface area contributed by atoms with E-state index in [1.165, 1.54) is 5.56 Å². The lowest BCUT2D eigenvalue weighted by Crippen LogP contribution is -2.17. The van der Waals surface area contributed by atoms with Gasteiger partial charge in [-0.3, -0.25) is 0 Å². The summed E-state index contributed by atoms with van der Waals surface area (Å²) in [6.07, 6.45) is 0.994. The zero-order chi connectivity index (χ0) is 11.8. The van der Waals surface area contributed by atoms with Crippen molar-refractivity contribution in [3.63, 3.8) is 0 Å². The van der Waals surface area contributed by atoms with Crippen LogP contribution >= 0.6 is 0 Å². The molecule has 0 saturated carbocycles. The fourth-order valence-electron chi connectivity index (χ4n) is 2.14. The average Bonchev–Trinajstić information content (AvgIpc) is 2.71. The molecule has 1 aromatic carbocycles. The molecule has 1 aliphatic heterocycles. The lowest BCUT2D eigenvalue weighted by molar-refractivity contribution is 0.944. The molecule has 2 heterocycles. The van der Waals surface area contributed by atoms with Crippen LogP contribution in [0.15, 0.2) is 30.3 Å². The minimum atomic E-state index is 0.400. The van der Waals surface area contributed by atoms with Gasteiger partial charge in [-0.2, -0.15) is 9.97 Å². The lowest BCUT2D eigenvalue weighted by atomic mass is 10.2. The van der Waals surface area contributed by atoms with Crippen LogP contribution < -0.4 is 16.4 Å². The van der Waals surface area contributed by atoms with Crippen molar-refractivity contribution in [2.24, 2.45) is 0 Å². The molecule has 0 fully saturated rings. The van der Waals surface area contributed by atoms with Crippen LogP contribution in [0.25, 0.3) is 0 Å². The largest absolute Gasteiger partial charge is 0.383 e. The quantitative estimate of drug-likeness (QED) is 0.768. The third-order valence-electron chi connectivity index (χ3n) is 2.88. The van der Waals surface area contributed by atoms with E-state index in [1.54, 1.807) is 6.07 Å². The lowest BCUT2D eigenvalue weighted by Gasteiger charge is -2.17. The maximum Gasteiger partial charge on any atom is 0.233 e. The predicted octanol–water partition coefficient (Wildman–Crippen LogP) is 1.34. The van der Waals surface area contributed by atoms with Gasteiger partial charge in [0.25, 0.3) is 0 Å². The van der Waals surface area contributed by atoms with Gasteiger partial charge in [-0.25, -0.2) is 0 Å². The van der Waals surface area contributed by atoms with E-state index in [-0.39, 0.29) is 0 Å². The van der Waals surface area contributed by atoms with E-state index in [0.29, 0.717) is 17.6 Å². The highest BCUT2D eigenvalue weighted by molar-refractivity contribution is 5.67. The van der Waals surface area contributed by atoms with Crippen molar-refractivity contribution in [2.75, 3.05) is 22.9 Å². The van der Waals surface area contributed by atoms with Gasteiger partial charge in [0.15, 0.2) is 0 Å². The van der Waals surface area contributed by atoms with Crippen molar-refractivity contribution in [3.8, 4) is 0 Å². The summed E-state index contributed by atoms with van der Waals surface area (Å²) in [5.74, 6) is 1.38. The van der Waals surface area contributed by atoms with Gasteiger partial charge in [-0.05, 0) is 18.1 Å². The summed E-state index contributed by atoms with van der Waals surface area (Å²) in [6.45, 7) is 0.863. The molecule has 86 valence electrons. The van der Waals surface area contributed by atoms with Crippen LogP contribution in [0.3, 0.4) is 0 Å². The van der Waals surface area contributed by atoms with Gasteiger partial charge in [0.2, 0.25) is 5.95 Å². The number of aromatic nitrogens is 2. The van der Waals surface area contributed by atoms with Crippen LogP contribution in [0.2, 0.25) is 0 Å². The van der Waals surface area contributed by atoms with E-state index in [4.69, 9.17) is 11.5 Å². The number of nitrogens with two attached hydrogens (primary N) is 2. The molecule has 0 bridgehead atoms. The number of anilines is 4. The molecule has 17 heavy (non-hydrogen) atoms. The maximum atomic E-state index is 5.69. The van der Waals surface area contributed by atoms with Crippen molar-refractivity contribution >= 4 is 23.3 Å². The number of para-hydroxylation sites is 1. The molecule has 5 heteroatoms. The highest BCUT2D eigenvalue weighted by Gasteiger charge is 2.22. The predicted molar refractivity (Wildman–Crippen MR) is 68.0 cm³/mol. The minimum absolute atomic E-state index is 0.400. The zero-order valence-corrected chi connectivity index (χ0v) is 9.30. The third kappa shape index (κ3) is 1.65. The highest BCUT2D eigenvalue weighted by Crippen LogP contribution is 2.32. The fraction of sp³-hybridized carbons (Fsp3) is 0.167. The number of hydrogen-bond acceptors (Lipinski definition) is 5. The average molecular weight is 227 g/mol. The molecule has 0 unspecified atom stereocenters. The standard InChI is InChI=1S/C12H13N5/c13-10-7-11(14)16-12(15-10)17-6-5-8-3-1-2-4-9(8)17/h1-4,7H,5-6H2,(H4,13,14,15,16). The Hall–Kier alpha value is -2.30. The van der Waals surface area contributed by atoms with E-state index >= 15 is 0 Å². The highest BCUT2D eigenvalue weighted by atomic mass is 15.3. The second kappa shape index (κ2) is 3.62. The Morgan fingerprint density at radius 3 is 2.53 bits per heavy atom. The molecule has 1 aliphatic rings. The van der Waals surface area contributed by atoms with Gasteiger partial charge in [0.05, 0.1) is 0 Å². The Bertz CT molecular complexity index is 546. The van der Waals surface area contributed by atoms with E-state index in [0.717, 1.165) is 18.7 Å².